The quantitative estimate of drug-likeness (QED) is 0.564. The maximum Gasteiger partial charge on any atom is 0.167 e. The molecule has 2 aromatic carbocycles. The van der Waals surface area contributed by atoms with Crippen LogP contribution in [0.15, 0.2) is 53.4 Å². The van der Waals surface area contributed by atoms with Crippen molar-refractivity contribution >= 4 is 44.8 Å². The topological polar surface area (TPSA) is 79.8 Å². The molecule has 0 saturated carbocycles. The summed E-state index contributed by atoms with van der Waals surface area (Å²) in [6.45, 7) is 0. The van der Waals surface area contributed by atoms with E-state index in [-0.39, 0.29) is 11.5 Å². The van der Waals surface area contributed by atoms with E-state index in [9.17, 15) is 10.1 Å². The lowest BCUT2D eigenvalue weighted by Crippen LogP contribution is -2.13. The van der Waals surface area contributed by atoms with Gasteiger partial charge >= 0.3 is 0 Å². The molecular weight excluding hydrogens is 326 g/mol. The van der Waals surface area contributed by atoms with E-state index in [0.29, 0.717) is 10.7 Å². The van der Waals surface area contributed by atoms with Crippen molar-refractivity contribution in [3.63, 3.8) is 0 Å². The molecule has 1 heterocycles. The van der Waals surface area contributed by atoms with Gasteiger partial charge in [0, 0.05) is 10.6 Å². The van der Waals surface area contributed by atoms with E-state index in [2.05, 4.69) is 11.1 Å². The van der Waals surface area contributed by atoms with Crippen molar-refractivity contribution in [3.8, 4) is 6.07 Å². The second-order valence-electron chi connectivity index (χ2n) is 4.87. The number of carbonyl (C=O) groups excluding carboxylic acids is 1. The van der Waals surface area contributed by atoms with Crippen molar-refractivity contribution < 1.29 is 4.79 Å². The third-order valence-electron chi connectivity index (χ3n) is 3.30. The smallest absolute Gasteiger partial charge is 0.167 e. The molecule has 0 aliphatic heterocycles. The average Bonchev–Trinajstić information content (AvgIpc) is 2.98. The second-order valence-corrected chi connectivity index (χ2v) is 6.95. The van der Waals surface area contributed by atoms with Crippen LogP contribution < -0.4 is 5.73 Å². The van der Waals surface area contributed by atoms with Gasteiger partial charge in [0.2, 0.25) is 0 Å². The molecule has 1 aromatic heterocycles. The fourth-order valence-corrected chi connectivity index (χ4v) is 4.03. The predicted octanol–water partition coefficient (Wildman–Crippen LogP) is 3.85. The molecule has 1 atom stereocenters. The van der Waals surface area contributed by atoms with Crippen LogP contribution in [0.4, 0.5) is 5.69 Å². The molecule has 0 aliphatic carbocycles. The summed E-state index contributed by atoms with van der Waals surface area (Å²) < 4.78 is 0.982. The first-order chi connectivity index (χ1) is 11.2. The number of nitrogen functional groups attached to an aromatic ring is 1. The number of Topliss-reactive ketones (excluding diaryl/α,β-unsaturated/α-hetero) is 1. The first kappa shape index (κ1) is 15.5. The van der Waals surface area contributed by atoms with E-state index in [1.807, 2.05) is 42.5 Å². The number of rotatable bonds is 5. The lowest BCUT2D eigenvalue weighted by molar-refractivity contribution is -0.116. The van der Waals surface area contributed by atoms with E-state index >= 15 is 0 Å². The second kappa shape index (κ2) is 6.82. The molecule has 0 amide bonds. The minimum atomic E-state index is -0.829. The van der Waals surface area contributed by atoms with E-state index in [1.165, 1.54) is 23.1 Å². The summed E-state index contributed by atoms with van der Waals surface area (Å²) in [6, 6.07) is 17.1. The number of ketones is 1. The fraction of sp³-hybridized carbons (Fsp3) is 0.118. The molecule has 4 nitrogen and oxygen atoms in total. The minimum Gasteiger partial charge on any atom is -0.398 e. The molecule has 0 spiro atoms. The molecule has 3 rings (SSSR count). The van der Waals surface area contributed by atoms with Gasteiger partial charge in [-0.3, -0.25) is 4.79 Å². The molecule has 0 radical (unpaired) electrons. The SMILES string of the molecule is N#CC(C(=O)CSc1ccccc1N)c1nc2ccccc2s1. The van der Waals surface area contributed by atoms with Crippen molar-refractivity contribution in [3.05, 3.63) is 53.5 Å². The molecule has 114 valence electrons. The van der Waals surface area contributed by atoms with Gasteiger partial charge in [0.05, 0.1) is 22.0 Å². The Kier molecular flexibility index (Phi) is 4.60. The Balaban J connectivity index is 1.76. The van der Waals surface area contributed by atoms with Gasteiger partial charge < -0.3 is 5.73 Å². The number of para-hydroxylation sites is 2. The number of nitriles is 1. The van der Waals surface area contributed by atoms with Gasteiger partial charge in [-0.15, -0.1) is 23.1 Å². The highest BCUT2D eigenvalue weighted by Gasteiger charge is 2.24. The van der Waals surface area contributed by atoms with Crippen LogP contribution in [-0.2, 0) is 4.79 Å². The maximum absolute atomic E-state index is 12.4. The molecule has 0 fully saturated rings. The number of aromatic nitrogens is 1. The largest absolute Gasteiger partial charge is 0.398 e. The zero-order valence-corrected chi connectivity index (χ0v) is 13.7. The number of anilines is 1. The van der Waals surface area contributed by atoms with Crippen molar-refractivity contribution in [2.24, 2.45) is 0 Å². The Labute approximate surface area is 142 Å². The molecular formula is C17H13N3OS2. The van der Waals surface area contributed by atoms with Gasteiger partial charge in [-0.25, -0.2) is 4.98 Å². The monoisotopic (exact) mass is 339 g/mol. The number of benzene rings is 2. The molecule has 0 aliphatic rings. The lowest BCUT2D eigenvalue weighted by atomic mass is 10.1. The third-order valence-corrected chi connectivity index (χ3v) is 5.51. The van der Waals surface area contributed by atoms with Crippen molar-refractivity contribution in [1.29, 1.82) is 5.26 Å². The predicted molar refractivity (Wildman–Crippen MR) is 94.6 cm³/mol. The molecule has 3 aromatic rings. The summed E-state index contributed by atoms with van der Waals surface area (Å²) >= 11 is 2.75. The Morgan fingerprint density at radius 2 is 2.00 bits per heavy atom. The van der Waals surface area contributed by atoms with Crippen LogP contribution in [0.25, 0.3) is 10.2 Å². The Hall–Kier alpha value is -2.36. The number of fused-ring (bicyclic) bond motifs is 1. The van der Waals surface area contributed by atoms with Crippen LogP contribution in [0, 0.1) is 11.3 Å². The Morgan fingerprint density at radius 3 is 2.74 bits per heavy atom. The van der Waals surface area contributed by atoms with Crippen LogP contribution in [0.2, 0.25) is 0 Å². The summed E-state index contributed by atoms with van der Waals surface area (Å²) in [6.07, 6.45) is 0. The highest BCUT2D eigenvalue weighted by Crippen LogP contribution is 2.30. The van der Waals surface area contributed by atoms with E-state index in [4.69, 9.17) is 5.73 Å². The highest BCUT2D eigenvalue weighted by molar-refractivity contribution is 8.00. The molecule has 0 bridgehead atoms. The zero-order chi connectivity index (χ0) is 16.2. The van der Waals surface area contributed by atoms with Crippen molar-refractivity contribution in [2.75, 3.05) is 11.5 Å². The van der Waals surface area contributed by atoms with Gasteiger partial charge in [0.25, 0.3) is 0 Å². The van der Waals surface area contributed by atoms with Crippen LogP contribution in [0.5, 0.6) is 0 Å². The van der Waals surface area contributed by atoms with Crippen LogP contribution >= 0.6 is 23.1 Å². The third kappa shape index (κ3) is 3.36. The van der Waals surface area contributed by atoms with Gasteiger partial charge in [0.15, 0.2) is 11.7 Å². The number of thioether (sulfide) groups is 1. The Bertz CT molecular complexity index is 865. The number of nitrogens with zero attached hydrogens (tertiary/aromatic N) is 2. The number of hydrogen-bond acceptors (Lipinski definition) is 6. The normalized spacial score (nSPS) is 12.0. The maximum atomic E-state index is 12.4. The van der Waals surface area contributed by atoms with Gasteiger partial charge in [-0.2, -0.15) is 5.26 Å². The fourth-order valence-electron chi connectivity index (χ4n) is 2.12. The minimum absolute atomic E-state index is 0.153. The summed E-state index contributed by atoms with van der Waals surface area (Å²) in [5.74, 6) is -0.785. The van der Waals surface area contributed by atoms with Crippen LogP contribution in [0.1, 0.15) is 10.9 Å². The number of nitrogens with two attached hydrogens (primary N) is 1. The van der Waals surface area contributed by atoms with Gasteiger partial charge in [-0.05, 0) is 24.3 Å². The van der Waals surface area contributed by atoms with Crippen molar-refractivity contribution in [1.82, 2.24) is 4.98 Å². The summed E-state index contributed by atoms with van der Waals surface area (Å²) in [4.78, 5) is 17.7. The average molecular weight is 339 g/mol. The molecule has 2 N–H and O–H groups in total. The number of hydrogen-bond donors (Lipinski definition) is 1. The van der Waals surface area contributed by atoms with Gasteiger partial charge in [0.1, 0.15) is 5.01 Å². The van der Waals surface area contributed by atoms with Crippen molar-refractivity contribution in [2.45, 2.75) is 10.8 Å². The first-order valence-electron chi connectivity index (χ1n) is 6.94. The summed E-state index contributed by atoms with van der Waals surface area (Å²) in [5.41, 5.74) is 7.33. The zero-order valence-electron chi connectivity index (χ0n) is 12.1. The van der Waals surface area contributed by atoms with Gasteiger partial charge in [-0.1, -0.05) is 24.3 Å². The summed E-state index contributed by atoms with van der Waals surface area (Å²) in [7, 11) is 0. The molecule has 1 unspecified atom stereocenters. The van der Waals surface area contributed by atoms with Crippen LogP contribution in [0.3, 0.4) is 0 Å². The van der Waals surface area contributed by atoms with E-state index in [1.54, 1.807) is 6.07 Å². The molecule has 0 saturated heterocycles. The number of thiazole rings is 1. The van der Waals surface area contributed by atoms with E-state index in [0.717, 1.165) is 15.1 Å². The first-order valence-corrected chi connectivity index (χ1v) is 8.74. The molecule has 6 heteroatoms. The lowest BCUT2D eigenvalue weighted by Gasteiger charge is -2.06. The number of carbonyl (C=O) groups is 1. The van der Waals surface area contributed by atoms with E-state index < -0.39 is 5.92 Å². The molecule has 23 heavy (non-hydrogen) atoms. The Morgan fingerprint density at radius 1 is 1.26 bits per heavy atom. The standard InChI is InChI=1S/C17H13N3OS2/c18-9-11(17-20-13-6-2-4-8-16(13)23-17)14(21)10-22-15-7-3-1-5-12(15)19/h1-8,11H,10,19H2. The summed E-state index contributed by atoms with van der Waals surface area (Å²) in [5, 5.41) is 9.94. The van der Waals surface area contributed by atoms with Crippen LogP contribution in [-0.4, -0.2) is 16.5 Å². The highest BCUT2D eigenvalue weighted by atomic mass is 32.2.